The van der Waals surface area contributed by atoms with Crippen molar-refractivity contribution in [2.75, 3.05) is 33.4 Å². The fourth-order valence-electron chi connectivity index (χ4n) is 5.18. The van der Waals surface area contributed by atoms with Crippen LogP contribution in [0, 0.1) is 0 Å². The number of ether oxygens (including phenoxy) is 4. The number of aliphatic hydroxyl groups is 1. The van der Waals surface area contributed by atoms with Crippen LogP contribution in [0.4, 0.5) is 0 Å². The molecule has 0 bridgehead atoms. The lowest BCUT2D eigenvalue weighted by Gasteiger charge is -2.39. The molecule has 0 saturated carbocycles. The molecule has 1 saturated heterocycles. The largest absolute Gasteiger partial charge is 0.497 e. The number of aliphatic hydroxyl groups excluding tert-OH is 1. The summed E-state index contributed by atoms with van der Waals surface area (Å²) in [7, 11) is 1.59. The average Bonchev–Trinajstić information content (AvgIpc) is 3.29. The van der Waals surface area contributed by atoms with Gasteiger partial charge in [0.1, 0.15) is 53.5 Å². The molecule has 2 N–H and O–H groups in total. The van der Waals surface area contributed by atoms with Crippen molar-refractivity contribution in [2.24, 2.45) is 0 Å². The SMILES string of the molecule is COc1ccc(COc2cc(OC[C@@H](O)CN3CCC4(CC3)Cc3cc(Cl)ccc3O4)c(C(=O)O)cc2Cl)cc1. The molecule has 10 heteroatoms. The summed E-state index contributed by atoms with van der Waals surface area (Å²) in [6.45, 7) is 2.07. The number of piperidine rings is 1. The van der Waals surface area contributed by atoms with Crippen LogP contribution in [0.5, 0.6) is 23.0 Å². The Morgan fingerprint density at radius 3 is 2.50 bits per heavy atom. The van der Waals surface area contributed by atoms with E-state index in [1.807, 2.05) is 42.5 Å². The van der Waals surface area contributed by atoms with Crippen LogP contribution in [0.3, 0.4) is 0 Å². The zero-order valence-corrected chi connectivity index (χ0v) is 23.6. The van der Waals surface area contributed by atoms with E-state index < -0.39 is 12.1 Å². The number of β-amino-alcohol motifs (C(OH)–C–C–N with tert-alkyl or cyclic N) is 1. The smallest absolute Gasteiger partial charge is 0.339 e. The first-order chi connectivity index (χ1) is 19.2. The minimum absolute atomic E-state index is 0.0778. The van der Waals surface area contributed by atoms with Crippen LogP contribution in [0.25, 0.3) is 0 Å². The van der Waals surface area contributed by atoms with E-state index in [-0.39, 0.29) is 40.9 Å². The van der Waals surface area contributed by atoms with Gasteiger partial charge in [-0.3, -0.25) is 0 Å². The Hall–Kier alpha value is -3.17. The molecule has 1 atom stereocenters. The highest BCUT2D eigenvalue weighted by Crippen LogP contribution is 2.42. The average molecular weight is 588 g/mol. The molecule has 3 aromatic carbocycles. The molecular formula is C30H31Cl2NO7. The van der Waals surface area contributed by atoms with Crippen LogP contribution in [0.2, 0.25) is 10.0 Å². The number of carbonyl (C=O) groups is 1. The lowest BCUT2D eigenvalue weighted by atomic mass is 9.87. The fourth-order valence-corrected chi connectivity index (χ4v) is 5.59. The summed E-state index contributed by atoms with van der Waals surface area (Å²) in [5, 5.41) is 21.2. The quantitative estimate of drug-likeness (QED) is 0.321. The monoisotopic (exact) mass is 587 g/mol. The number of hydrogen-bond donors (Lipinski definition) is 2. The normalized spacial score (nSPS) is 16.7. The van der Waals surface area contributed by atoms with Gasteiger partial charge in [0.05, 0.1) is 12.1 Å². The van der Waals surface area contributed by atoms with E-state index in [0.717, 1.165) is 55.0 Å². The van der Waals surface area contributed by atoms with Gasteiger partial charge in [0, 0.05) is 50.0 Å². The van der Waals surface area contributed by atoms with E-state index in [4.69, 9.17) is 42.1 Å². The summed E-state index contributed by atoms with van der Waals surface area (Å²) in [5.74, 6) is 0.805. The van der Waals surface area contributed by atoms with Crippen molar-refractivity contribution in [2.45, 2.75) is 37.6 Å². The topological polar surface area (TPSA) is 97.7 Å². The molecule has 5 rings (SSSR count). The molecule has 40 heavy (non-hydrogen) atoms. The molecule has 0 aliphatic carbocycles. The second kappa shape index (κ2) is 12.1. The summed E-state index contributed by atoms with van der Waals surface area (Å²) in [5.41, 5.74) is 1.69. The summed E-state index contributed by atoms with van der Waals surface area (Å²) in [6.07, 6.45) is 1.68. The van der Waals surface area contributed by atoms with Crippen LogP contribution in [-0.4, -0.2) is 66.1 Å². The highest BCUT2D eigenvalue weighted by Gasteiger charge is 2.42. The van der Waals surface area contributed by atoms with Crippen LogP contribution in [-0.2, 0) is 13.0 Å². The zero-order chi connectivity index (χ0) is 28.3. The number of methoxy groups -OCH3 is 1. The second-order valence-corrected chi connectivity index (χ2v) is 11.0. The van der Waals surface area contributed by atoms with Gasteiger partial charge in [-0.15, -0.1) is 0 Å². The number of benzene rings is 3. The van der Waals surface area contributed by atoms with E-state index in [9.17, 15) is 15.0 Å². The zero-order valence-electron chi connectivity index (χ0n) is 22.1. The highest BCUT2D eigenvalue weighted by atomic mass is 35.5. The maximum absolute atomic E-state index is 11.8. The van der Waals surface area contributed by atoms with Crippen molar-refractivity contribution < 1.29 is 34.0 Å². The third-order valence-electron chi connectivity index (χ3n) is 7.35. The van der Waals surface area contributed by atoms with Crippen molar-refractivity contribution in [3.63, 3.8) is 0 Å². The van der Waals surface area contributed by atoms with Crippen molar-refractivity contribution in [3.8, 4) is 23.0 Å². The van der Waals surface area contributed by atoms with E-state index in [1.54, 1.807) is 7.11 Å². The number of rotatable bonds is 10. The highest BCUT2D eigenvalue weighted by molar-refractivity contribution is 6.32. The minimum Gasteiger partial charge on any atom is -0.497 e. The molecule has 2 aliphatic heterocycles. The summed E-state index contributed by atoms with van der Waals surface area (Å²) >= 11 is 12.4. The first-order valence-electron chi connectivity index (χ1n) is 13.1. The Labute approximate surface area is 242 Å². The number of hydrogen-bond acceptors (Lipinski definition) is 7. The van der Waals surface area contributed by atoms with Gasteiger partial charge in [-0.2, -0.15) is 0 Å². The second-order valence-electron chi connectivity index (χ2n) is 10.2. The Bertz CT molecular complexity index is 1360. The maximum atomic E-state index is 11.8. The van der Waals surface area contributed by atoms with E-state index in [0.29, 0.717) is 11.6 Å². The Balaban J connectivity index is 1.15. The molecule has 2 aliphatic rings. The Morgan fingerprint density at radius 1 is 1.05 bits per heavy atom. The molecule has 212 valence electrons. The van der Waals surface area contributed by atoms with Gasteiger partial charge < -0.3 is 34.1 Å². The number of aromatic carboxylic acids is 1. The van der Waals surface area contributed by atoms with Crippen LogP contribution in [0.1, 0.15) is 34.3 Å². The van der Waals surface area contributed by atoms with Gasteiger partial charge in [0.15, 0.2) is 0 Å². The predicted octanol–water partition coefficient (Wildman–Crippen LogP) is 5.49. The van der Waals surface area contributed by atoms with Crippen LogP contribution < -0.4 is 18.9 Å². The summed E-state index contributed by atoms with van der Waals surface area (Å²) in [4.78, 5) is 14.0. The molecule has 0 aromatic heterocycles. The van der Waals surface area contributed by atoms with Crippen molar-refractivity contribution in [1.29, 1.82) is 0 Å². The number of nitrogens with zero attached hydrogens (tertiary/aromatic N) is 1. The Kier molecular flexibility index (Phi) is 8.61. The molecule has 0 unspecified atom stereocenters. The number of halogens is 2. The number of likely N-dealkylation sites (tertiary alicyclic amines) is 1. The first kappa shape index (κ1) is 28.4. The molecule has 1 fully saturated rings. The van der Waals surface area contributed by atoms with Crippen LogP contribution >= 0.6 is 23.2 Å². The standard InChI is InChI=1S/C30H31Cl2NO7/c1-37-23-5-2-19(3-6-23)17-38-28-14-27(24(29(35)36)13-25(28)32)39-18-22(34)16-33-10-8-30(9-11-33)15-20-12-21(31)4-7-26(20)40-30/h2-7,12-14,22,34H,8-11,15-18H2,1H3,(H,35,36)/t22-/m0/s1. The van der Waals surface area contributed by atoms with E-state index >= 15 is 0 Å². The van der Waals surface area contributed by atoms with Gasteiger partial charge in [0.2, 0.25) is 0 Å². The van der Waals surface area contributed by atoms with Gasteiger partial charge in [-0.25, -0.2) is 4.79 Å². The molecular weight excluding hydrogens is 557 g/mol. The third-order valence-corrected chi connectivity index (χ3v) is 7.88. The number of carboxylic acid groups (broad SMARTS) is 1. The molecule has 3 aromatic rings. The van der Waals surface area contributed by atoms with Crippen molar-refractivity contribution in [3.05, 3.63) is 81.3 Å². The molecule has 1 spiro atoms. The first-order valence-corrected chi connectivity index (χ1v) is 13.8. The van der Waals surface area contributed by atoms with Crippen molar-refractivity contribution >= 4 is 29.2 Å². The molecule has 2 heterocycles. The molecule has 0 amide bonds. The van der Waals surface area contributed by atoms with E-state index in [2.05, 4.69) is 4.90 Å². The minimum atomic E-state index is -1.19. The maximum Gasteiger partial charge on any atom is 0.339 e. The van der Waals surface area contributed by atoms with E-state index in [1.165, 1.54) is 12.1 Å². The number of fused-ring (bicyclic) bond motifs is 1. The van der Waals surface area contributed by atoms with Gasteiger partial charge in [0.25, 0.3) is 0 Å². The van der Waals surface area contributed by atoms with Gasteiger partial charge >= 0.3 is 5.97 Å². The number of carboxylic acids is 1. The summed E-state index contributed by atoms with van der Waals surface area (Å²) in [6, 6.07) is 15.9. The summed E-state index contributed by atoms with van der Waals surface area (Å²) < 4.78 is 23.1. The van der Waals surface area contributed by atoms with Crippen LogP contribution in [0.15, 0.2) is 54.6 Å². The third kappa shape index (κ3) is 6.58. The Morgan fingerprint density at radius 2 is 1.80 bits per heavy atom. The fraction of sp³-hybridized carbons (Fsp3) is 0.367. The lowest BCUT2D eigenvalue weighted by Crippen LogP contribution is -2.49. The predicted molar refractivity (Wildman–Crippen MR) is 151 cm³/mol. The van der Waals surface area contributed by atoms with Gasteiger partial charge in [-0.05, 0) is 47.5 Å². The molecule has 0 radical (unpaired) electrons. The van der Waals surface area contributed by atoms with Gasteiger partial charge in [-0.1, -0.05) is 35.3 Å². The molecule has 8 nitrogen and oxygen atoms in total. The lowest BCUT2D eigenvalue weighted by molar-refractivity contribution is -0.00204. The van der Waals surface area contributed by atoms with Crippen molar-refractivity contribution in [1.82, 2.24) is 4.90 Å².